The fourth-order valence-corrected chi connectivity index (χ4v) is 3.35. The molecule has 0 saturated carbocycles. The summed E-state index contributed by atoms with van der Waals surface area (Å²) in [6, 6.07) is 16.6. The van der Waals surface area contributed by atoms with Gasteiger partial charge in [-0.15, -0.1) is 0 Å². The number of ether oxygens (including phenoxy) is 2. The molecule has 1 N–H and O–H groups in total. The molecule has 1 fully saturated rings. The first-order chi connectivity index (χ1) is 15.3. The fraction of sp³-hybridized carbons (Fsp3) is 0.375. The van der Waals surface area contributed by atoms with Crippen molar-refractivity contribution in [1.82, 2.24) is 9.80 Å². The Labute approximate surface area is 188 Å². The van der Waals surface area contributed by atoms with Crippen LogP contribution < -0.4 is 9.47 Å². The lowest BCUT2D eigenvalue weighted by atomic mass is 10.1. The summed E-state index contributed by atoms with van der Waals surface area (Å²) >= 11 is 0. The SMILES string of the molecule is CC(C)Oc1ccc(OCCN2C(=O)CN(Cc3ccccc3)C(=O)[C@@H]2C)cc1.O=CO. The first-order valence-electron chi connectivity index (χ1n) is 10.4. The third-order valence-electron chi connectivity index (χ3n) is 4.80. The van der Waals surface area contributed by atoms with Gasteiger partial charge in [-0.05, 0) is 50.6 Å². The Balaban J connectivity index is 0.00000114. The van der Waals surface area contributed by atoms with Crippen molar-refractivity contribution in [3.63, 3.8) is 0 Å². The Morgan fingerprint density at radius 1 is 1.06 bits per heavy atom. The maximum Gasteiger partial charge on any atom is 0.290 e. The molecule has 2 aromatic carbocycles. The van der Waals surface area contributed by atoms with Gasteiger partial charge in [0.2, 0.25) is 11.8 Å². The van der Waals surface area contributed by atoms with Crippen LogP contribution in [0.2, 0.25) is 0 Å². The Morgan fingerprint density at radius 2 is 1.66 bits per heavy atom. The molecule has 1 saturated heterocycles. The monoisotopic (exact) mass is 442 g/mol. The van der Waals surface area contributed by atoms with Gasteiger partial charge in [-0.2, -0.15) is 0 Å². The summed E-state index contributed by atoms with van der Waals surface area (Å²) in [5.74, 6) is 1.40. The molecule has 0 spiro atoms. The minimum absolute atomic E-state index is 0.0383. The molecule has 0 bridgehead atoms. The van der Waals surface area contributed by atoms with Crippen LogP contribution in [-0.4, -0.2) is 65.0 Å². The van der Waals surface area contributed by atoms with Gasteiger partial charge in [0.05, 0.1) is 12.6 Å². The standard InChI is InChI=1S/C23H28N2O4.CH2O2/c1-17(2)29-21-11-9-20(10-12-21)28-14-13-25-18(3)23(27)24(16-22(25)26)15-19-7-5-4-6-8-19;2-1-3/h4-12,17-18H,13-16H2,1-3H3;1H,(H,2,3)/t18-;/m0./s1. The van der Waals surface area contributed by atoms with Crippen molar-refractivity contribution in [2.24, 2.45) is 0 Å². The molecule has 0 unspecified atom stereocenters. The summed E-state index contributed by atoms with van der Waals surface area (Å²) in [4.78, 5) is 36.9. The molecule has 8 nitrogen and oxygen atoms in total. The molecule has 8 heteroatoms. The normalized spacial score (nSPS) is 15.8. The van der Waals surface area contributed by atoms with E-state index in [4.69, 9.17) is 19.4 Å². The van der Waals surface area contributed by atoms with Gasteiger partial charge in [-0.25, -0.2) is 0 Å². The zero-order valence-electron chi connectivity index (χ0n) is 18.6. The number of nitrogens with zero attached hydrogens (tertiary/aromatic N) is 2. The summed E-state index contributed by atoms with van der Waals surface area (Å²) in [5, 5.41) is 6.89. The van der Waals surface area contributed by atoms with Gasteiger partial charge in [0, 0.05) is 6.54 Å². The van der Waals surface area contributed by atoms with E-state index >= 15 is 0 Å². The van der Waals surface area contributed by atoms with Crippen molar-refractivity contribution in [3.05, 3.63) is 60.2 Å². The van der Waals surface area contributed by atoms with Crippen molar-refractivity contribution in [3.8, 4) is 11.5 Å². The number of rotatable bonds is 8. The minimum atomic E-state index is -0.495. The Morgan fingerprint density at radius 3 is 2.25 bits per heavy atom. The molecule has 1 atom stereocenters. The van der Waals surface area contributed by atoms with E-state index in [0.717, 1.165) is 11.3 Å². The number of carbonyl (C=O) groups excluding carboxylic acids is 2. The molecule has 3 rings (SSSR count). The average Bonchev–Trinajstić information content (AvgIpc) is 2.76. The smallest absolute Gasteiger partial charge is 0.290 e. The van der Waals surface area contributed by atoms with Crippen LogP contribution in [0.4, 0.5) is 0 Å². The molecule has 1 aliphatic rings. The maximum absolute atomic E-state index is 12.7. The first kappa shape index (κ1) is 24.7. The van der Waals surface area contributed by atoms with Crippen molar-refractivity contribution < 1.29 is 29.0 Å². The third-order valence-corrected chi connectivity index (χ3v) is 4.80. The van der Waals surface area contributed by atoms with E-state index in [2.05, 4.69) is 0 Å². The lowest BCUT2D eigenvalue weighted by Crippen LogP contribution is -2.59. The summed E-state index contributed by atoms with van der Waals surface area (Å²) in [6.07, 6.45) is 0.118. The van der Waals surface area contributed by atoms with E-state index in [0.29, 0.717) is 25.4 Å². The summed E-state index contributed by atoms with van der Waals surface area (Å²) in [7, 11) is 0. The molecule has 0 aromatic heterocycles. The molecule has 1 aliphatic heterocycles. The predicted octanol–water partition coefficient (Wildman–Crippen LogP) is 2.81. The number of benzene rings is 2. The van der Waals surface area contributed by atoms with Crippen LogP contribution in [0.3, 0.4) is 0 Å². The van der Waals surface area contributed by atoms with Gasteiger partial charge in [-0.3, -0.25) is 14.4 Å². The maximum atomic E-state index is 12.7. The van der Waals surface area contributed by atoms with Gasteiger partial charge >= 0.3 is 0 Å². The highest BCUT2D eigenvalue weighted by atomic mass is 16.5. The average molecular weight is 443 g/mol. The van der Waals surface area contributed by atoms with Crippen LogP contribution in [0.25, 0.3) is 0 Å². The molecule has 172 valence electrons. The zero-order chi connectivity index (χ0) is 23.5. The van der Waals surface area contributed by atoms with E-state index in [1.807, 2.05) is 68.4 Å². The van der Waals surface area contributed by atoms with Crippen molar-refractivity contribution in [1.29, 1.82) is 0 Å². The highest BCUT2D eigenvalue weighted by Crippen LogP contribution is 2.19. The second-order valence-electron chi connectivity index (χ2n) is 7.53. The summed E-state index contributed by atoms with van der Waals surface area (Å²) in [5.41, 5.74) is 1.02. The summed E-state index contributed by atoms with van der Waals surface area (Å²) < 4.78 is 11.4. The van der Waals surface area contributed by atoms with E-state index in [9.17, 15) is 9.59 Å². The van der Waals surface area contributed by atoms with E-state index in [-0.39, 0.29) is 30.9 Å². The van der Waals surface area contributed by atoms with Crippen LogP contribution in [0.1, 0.15) is 26.3 Å². The Kier molecular flexibility index (Phi) is 9.53. The number of amides is 2. The number of hydrogen-bond acceptors (Lipinski definition) is 5. The molecule has 1 heterocycles. The van der Waals surface area contributed by atoms with E-state index < -0.39 is 6.04 Å². The van der Waals surface area contributed by atoms with Crippen LogP contribution in [-0.2, 0) is 20.9 Å². The molecule has 2 amide bonds. The lowest BCUT2D eigenvalue weighted by Gasteiger charge is -2.38. The topological polar surface area (TPSA) is 96.4 Å². The summed E-state index contributed by atoms with van der Waals surface area (Å²) in [6.45, 7) is 6.72. The predicted molar refractivity (Wildman–Crippen MR) is 119 cm³/mol. The Bertz CT molecular complexity index is 870. The fourth-order valence-electron chi connectivity index (χ4n) is 3.35. The molecule has 0 aliphatic carbocycles. The van der Waals surface area contributed by atoms with Crippen LogP contribution in [0.15, 0.2) is 54.6 Å². The first-order valence-corrected chi connectivity index (χ1v) is 10.4. The molecule has 32 heavy (non-hydrogen) atoms. The Hall–Kier alpha value is -3.55. The number of hydrogen-bond donors (Lipinski definition) is 1. The number of piperazine rings is 1. The van der Waals surface area contributed by atoms with Crippen molar-refractivity contribution in [2.75, 3.05) is 19.7 Å². The van der Waals surface area contributed by atoms with Crippen molar-refractivity contribution >= 4 is 18.3 Å². The highest BCUT2D eigenvalue weighted by molar-refractivity contribution is 5.94. The van der Waals surface area contributed by atoms with Gasteiger partial charge in [0.1, 0.15) is 30.7 Å². The van der Waals surface area contributed by atoms with Crippen LogP contribution >= 0.6 is 0 Å². The zero-order valence-corrected chi connectivity index (χ0v) is 18.6. The van der Waals surface area contributed by atoms with E-state index in [1.54, 1.807) is 16.7 Å². The number of carbonyl (C=O) groups is 3. The highest BCUT2D eigenvalue weighted by Gasteiger charge is 2.36. The minimum Gasteiger partial charge on any atom is -0.492 e. The van der Waals surface area contributed by atoms with Crippen LogP contribution in [0.5, 0.6) is 11.5 Å². The largest absolute Gasteiger partial charge is 0.492 e. The van der Waals surface area contributed by atoms with Gasteiger partial charge in [-0.1, -0.05) is 30.3 Å². The van der Waals surface area contributed by atoms with Gasteiger partial charge < -0.3 is 24.4 Å². The van der Waals surface area contributed by atoms with E-state index in [1.165, 1.54) is 0 Å². The van der Waals surface area contributed by atoms with Crippen LogP contribution in [0, 0.1) is 0 Å². The molecular weight excluding hydrogens is 412 g/mol. The number of carboxylic acid groups (broad SMARTS) is 1. The van der Waals surface area contributed by atoms with Gasteiger partial charge in [0.15, 0.2) is 0 Å². The molecule has 0 radical (unpaired) electrons. The molecule has 2 aromatic rings. The second-order valence-corrected chi connectivity index (χ2v) is 7.53. The van der Waals surface area contributed by atoms with Crippen molar-refractivity contribution in [2.45, 2.75) is 39.5 Å². The lowest BCUT2D eigenvalue weighted by molar-refractivity contribution is -0.155. The quantitative estimate of drug-likeness (QED) is 0.632. The second kappa shape index (κ2) is 12.3. The molecular formula is C24H30N2O6. The third kappa shape index (κ3) is 7.30. The van der Waals surface area contributed by atoms with Gasteiger partial charge in [0.25, 0.3) is 6.47 Å².